The average molecular weight is 227 g/mol. The normalized spacial score (nSPS) is 30.4. The Kier molecular flexibility index (Phi) is 5.77. The minimum absolute atomic E-state index is 0.286. The molecule has 0 heterocycles. The summed E-state index contributed by atoms with van der Waals surface area (Å²) in [4.78, 5) is 0. The predicted octanol–water partition coefficient (Wildman–Crippen LogP) is 2.81. The van der Waals surface area contributed by atoms with Crippen LogP contribution < -0.4 is 5.32 Å². The fraction of sp³-hybridized carbons (Fsp3) is 1.00. The molecule has 1 aliphatic carbocycles. The predicted molar refractivity (Wildman–Crippen MR) is 69.4 cm³/mol. The summed E-state index contributed by atoms with van der Waals surface area (Å²) in [5.74, 6) is 2.07. The molecule has 2 N–H and O–H groups in total. The van der Waals surface area contributed by atoms with E-state index in [1.807, 2.05) is 0 Å². The van der Waals surface area contributed by atoms with Crippen molar-refractivity contribution in [1.29, 1.82) is 0 Å². The van der Waals surface area contributed by atoms with E-state index in [0.717, 1.165) is 11.8 Å². The van der Waals surface area contributed by atoms with E-state index in [1.165, 1.54) is 25.7 Å². The molecule has 0 aromatic carbocycles. The maximum atomic E-state index is 9.13. The van der Waals surface area contributed by atoms with Crippen LogP contribution in [-0.2, 0) is 0 Å². The third-order valence-corrected chi connectivity index (χ3v) is 4.30. The van der Waals surface area contributed by atoms with E-state index < -0.39 is 0 Å². The molecule has 0 aromatic heterocycles. The molecule has 16 heavy (non-hydrogen) atoms. The Labute approximate surface area is 101 Å². The van der Waals surface area contributed by atoms with Crippen molar-refractivity contribution < 1.29 is 5.11 Å². The van der Waals surface area contributed by atoms with Crippen LogP contribution in [-0.4, -0.2) is 23.8 Å². The molecule has 1 rings (SSSR count). The summed E-state index contributed by atoms with van der Waals surface area (Å²) in [7, 11) is 0. The topological polar surface area (TPSA) is 32.3 Å². The van der Waals surface area contributed by atoms with Crippen molar-refractivity contribution in [3.05, 3.63) is 0 Å². The van der Waals surface area contributed by atoms with Gasteiger partial charge in [0.2, 0.25) is 0 Å². The van der Waals surface area contributed by atoms with E-state index in [4.69, 9.17) is 5.11 Å². The number of hydrogen-bond acceptors (Lipinski definition) is 2. The Morgan fingerprint density at radius 2 is 1.88 bits per heavy atom. The van der Waals surface area contributed by atoms with Crippen molar-refractivity contribution in [1.82, 2.24) is 5.32 Å². The zero-order valence-corrected chi connectivity index (χ0v) is 11.4. The molecular weight excluding hydrogens is 198 g/mol. The standard InChI is InChI=1S/C14H29NO/c1-10(2)13-6-5-7-14(8-13)15-12(4)11(3)9-16/h10-16H,5-9H2,1-4H3. The molecule has 2 nitrogen and oxygen atoms in total. The molecule has 2 heteroatoms. The molecule has 0 saturated heterocycles. The van der Waals surface area contributed by atoms with Crippen LogP contribution >= 0.6 is 0 Å². The Balaban J connectivity index is 2.36. The van der Waals surface area contributed by atoms with Crippen LogP contribution in [0.1, 0.15) is 53.4 Å². The SMILES string of the molecule is CC(C)C1CCCC(NC(C)C(C)CO)C1. The van der Waals surface area contributed by atoms with E-state index in [-0.39, 0.29) is 6.61 Å². The number of aliphatic hydroxyl groups is 1. The quantitative estimate of drug-likeness (QED) is 0.757. The Hall–Kier alpha value is -0.0800. The third-order valence-electron chi connectivity index (χ3n) is 4.30. The highest BCUT2D eigenvalue weighted by molar-refractivity contribution is 4.82. The van der Waals surface area contributed by atoms with Gasteiger partial charge in [-0.15, -0.1) is 0 Å². The zero-order valence-electron chi connectivity index (χ0n) is 11.4. The number of hydrogen-bond donors (Lipinski definition) is 2. The summed E-state index contributed by atoms with van der Waals surface area (Å²) in [6, 6.07) is 1.10. The second-order valence-corrected chi connectivity index (χ2v) is 5.98. The summed E-state index contributed by atoms with van der Waals surface area (Å²) < 4.78 is 0. The van der Waals surface area contributed by atoms with Gasteiger partial charge in [-0.25, -0.2) is 0 Å². The van der Waals surface area contributed by atoms with Gasteiger partial charge in [0, 0.05) is 18.7 Å². The summed E-state index contributed by atoms with van der Waals surface area (Å²) in [6.45, 7) is 9.27. The minimum atomic E-state index is 0.286. The van der Waals surface area contributed by atoms with Crippen LogP contribution in [0, 0.1) is 17.8 Å². The van der Waals surface area contributed by atoms with E-state index in [2.05, 4.69) is 33.0 Å². The summed E-state index contributed by atoms with van der Waals surface area (Å²) in [5.41, 5.74) is 0. The van der Waals surface area contributed by atoms with Crippen LogP contribution in [0.5, 0.6) is 0 Å². The lowest BCUT2D eigenvalue weighted by molar-refractivity contribution is 0.175. The lowest BCUT2D eigenvalue weighted by Gasteiger charge is -2.35. The molecule has 0 aliphatic heterocycles. The van der Waals surface area contributed by atoms with Gasteiger partial charge in [-0.2, -0.15) is 0 Å². The van der Waals surface area contributed by atoms with Crippen molar-refractivity contribution >= 4 is 0 Å². The van der Waals surface area contributed by atoms with Gasteiger partial charge in [0.15, 0.2) is 0 Å². The number of nitrogens with one attached hydrogen (secondary N) is 1. The lowest BCUT2D eigenvalue weighted by atomic mass is 9.79. The first kappa shape index (κ1) is 14.0. The fourth-order valence-electron chi connectivity index (χ4n) is 2.68. The van der Waals surface area contributed by atoms with Gasteiger partial charge >= 0.3 is 0 Å². The summed E-state index contributed by atoms with van der Waals surface area (Å²) in [6.07, 6.45) is 5.40. The molecule has 4 atom stereocenters. The first-order valence-corrected chi connectivity index (χ1v) is 6.91. The maximum Gasteiger partial charge on any atom is 0.0471 e. The second-order valence-electron chi connectivity index (χ2n) is 5.98. The number of aliphatic hydroxyl groups excluding tert-OH is 1. The monoisotopic (exact) mass is 227 g/mol. The van der Waals surface area contributed by atoms with Crippen LogP contribution in [0.4, 0.5) is 0 Å². The first-order valence-electron chi connectivity index (χ1n) is 6.91. The molecule has 1 saturated carbocycles. The Morgan fingerprint density at radius 3 is 2.44 bits per heavy atom. The highest BCUT2D eigenvalue weighted by atomic mass is 16.3. The zero-order chi connectivity index (χ0) is 12.1. The molecule has 0 bridgehead atoms. The van der Waals surface area contributed by atoms with Crippen molar-refractivity contribution in [3.8, 4) is 0 Å². The van der Waals surface area contributed by atoms with Gasteiger partial charge in [0.1, 0.15) is 0 Å². The van der Waals surface area contributed by atoms with Gasteiger partial charge in [0.05, 0.1) is 0 Å². The van der Waals surface area contributed by atoms with Gasteiger partial charge in [-0.05, 0) is 37.5 Å². The smallest absolute Gasteiger partial charge is 0.0471 e. The number of rotatable bonds is 5. The molecule has 4 unspecified atom stereocenters. The second kappa shape index (κ2) is 6.61. The Morgan fingerprint density at radius 1 is 1.19 bits per heavy atom. The van der Waals surface area contributed by atoms with Gasteiger partial charge in [0.25, 0.3) is 0 Å². The third kappa shape index (κ3) is 4.06. The van der Waals surface area contributed by atoms with Crippen molar-refractivity contribution in [2.24, 2.45) is 17.8 Å². The molecule has 1 fully saturated rings. The molecule has 1 aliphatic rings. The van der Waals surface area contributed by atoms with Crippen molar-refractivity contribution in [2.45, 2.75) is 65.5 Å². The highest BCUT2D eigenvalue weighted by Gasteiger charge is 2.25. The van der Waals surface area contributed by atoms with Crippen LogP contribution in [0.2, 0.25) is 0 Å². The molecule has 96 valence electrons. The van der Waals surface area contributed by atoms with E-state index in [0.29, 0.717) is 18.0 Å². The van der Waals surface area contributed by atoms with Gasteiger partial charge in [-0.1, -0.05) is 33.6 Å². The maximum absolute atomic E-state index is 9.13. The van der Waals surface area contributed by atoms with Crippen LogP contribution in [0.15, 0.2) is 0 Å². The van der Waals surface area contributed by atoms with Crippen molar-refractivity contribution in [2.75, 3.05) is 6.61 Å². The first-order chi connectivity index (χ1) is 7.54. The van der Waals surface area contributed by atoms with Crippen LogP contribution in [0.25, 0.3) is 0 Å². The molecule has 0 aromatic rings. The molecule has 0 spiro atoms. The van der Waals surface area contributed by atoms with E-state index in [1.54, 1.807) is 0 Å². The average Bonchev–Trinajstić information content (AvgIpc) is 2.28. The highest BCUT2D eigenvalue weighted by Crippen LogP contribution is 2.30. The Bertz CT molecular complexity index is 193. The van der Waals surface area contributed by atoms with Gasteiger partial charge in [-0.3, -0.25) is 0 Å². The van der Waals surface area contributed by atoms with Crippen LogP contribution in [0.3, 0.4) is 0 Å². The minimum Gasteiger partial charge on any atom is -0.396 e. The molecular formula is C14H29NO. The van der Waals surface area contributed by atoms with E-state index in [9.17, 15) is 0 Å². The molecule has 0 radical (unpaired) electrons. The summed E-state index contributed by atoms with van der Waals surface area (Å²) >= 11 is 0. The molecule has 0 amide bonds. The van der Waals surface area contributed by atoms with Crippen molar-refractivity contribution in [3.63, 3.8) is 0 Å². The summed E-state index contributed by atoms with van der Waals surface area (Å²) in [5, 5.41) is 12.8. The lowest BCUT2D eigenvalue weighted by Crippen LogP contribution is -2.44. The van der Waals surface area contributed by atoms with E-state index >= 15 is 0 Å². The largest absolute Gasteiger partial charge is 0.396 e. The van der Waals surface area contributed by atoms with Gasteiger partial charge < -0.3 is 10.4 Å². The fourth-order valence-corrected chi connectivity index (χ4v) is 2.68.